The van der Waals surface area contributed by atoms with Gasteiger partial charge in [-0.15, -0.1) is 0 Å². The smallest absolute Gasteiger partial charge is 0.318 e. The zero-order chi connectivity index (χ0) is 14.4. The molecule has 0 atom stereocenters. The van der Waals surface area contributed by atoms with Gasteiger partial charge in [-0.25, -0.2) is 4.98 Å². The summed E-state index contributed by atoms with van der Waals surface area (Å²) in [4.78, 5) is 4.03. The number of hydrogen-bond acceptors (Lipinski definition) is 4. The molecule has 0 aromatic carbocycles. The van der Waals surface area contributed by atoms with Gasteiger partial charge in [0.1, 0.15) is 5.54 Å². The molecule has 1 radical (unpaired) electrons. The van der Waals surface area contributed by atoms with Gasteiger partial charge in [0.15, 0.2) is 5.54 Å². The molecule has 1 aliphatic heterocycles. The summed E-state index contributed by atoms with van der Waals surface area (Å²) in [7, 11) is 1.51. The number of ether oxygens (including phenoxy) is 1. The summed E-state index contributed by atoms with van der Waals surface area (Å²) in [5.41, 5.74) is -1.14. The van der Waals surface area contributed by atoms with Crippen LogP contribution in [0.2, 0.25) is 0 Å². The molecule has 0 amide bonds. The average molecular weight is 264 g/mol. The molecule has 1 aliphatic rings. The van der Waals surface area contributed by atoms with E-state index in [2.05, 4.69) is 4.98 Å². The summed E-state index contributed by atoms with van der Waals surface area (Å²) in [5.74, 6) is 0.529. The molecule has 0 aliphatic carbocycles. The molecule has 1 aromatic heterocycles. The van der Waals surface area contributed by atoms with Crippen molar-refractivity contribution in [1.82, 2.24) is 10.0 Å². The van der Waals surface area contributed by atoms with Crippen molar-refractivity contribution < 1.29 is 14.7 Å². The van der Waals surface area contributed by atoms with Crippen LogP contribution in [0.5, 0.6) is 5.88 Å². The number of methoxy groups -OCH3 is 1. The number of pyridine rings is 1. The fourth-order valence-electron chi connectivity index (χ4n) is 1.98. The van der Waals surface area contributed by atoms with E-state index < -0.39 is 11.1 Å². The van der Waals surface area contributed by atoms with E-state index in [1.54, 1.807) is 39.8 Å². The molecule has 19 heavy (non-hydrogen) atoms. The van der Waals surface area contributed by atoms with Gasteiger partial charge < -0.3 is 9.94 Å². The van der Waals surface area contributed by atoms with Gasteiger partial charge in [0.25, 0.3) is 0 Å². The number of amidine groups is 1. The monoisotopic (exact) mass is 264 g/mol. The van der Waals surface area contributed by atoms with Crippen molar-refractivity contribution in [3.63, 3.8) is 0 Å². The second-order valence-corrected chi connectivity index (χ2v) is 5.62. The van der Waals surface area contributed by atoms with Crippen LogP contribution in [-0.2, 0) is 5.21 Å². The van der Waals surface area contributed by atoms with Crippen LogP contribution >= 0.6 is 0 Å². The molecule has 103 valence electrons. The summed E-state index contributed by atoms with van der Waals surface area (Å²) in [6.45, 7) is 7.04. The van der Waals surface area contributed by atoms with Crippen molar-refractivity contribution in [2.75, 3.05) is 7.11 Å². The van der Waals surface area contributed by atoms with E-state index in [0.29, 0.717) is 11.4 Å². The van der Waals surface area contributed by atoms with E-state index in [1.807, 2.05) is 0 Å². The number of nitrogens with zero attached hydrogens (tertiary/aromatic N) is 3. The second kappa shape index (κ2) is 4.09. The lowest BCUT2D eigenvalue weighted by atomic mass is 9.84. The molecule has 6 nitrogen and oxygen atoms in total. The van der Waals surface area contributed by atoms with Crippen molar-refractivity contribution in [3.05, 3.63) is 29.1 Å². The highest BCUT2D eigenvalue weighted by atomic mass is 16.5. The first-order valence-electron chi connectivity index (χ1n) is 6.05. The van der Waals surface area contributed by atoms with E-state index in [-0.39, 0.29) is 5.84 Å². The van der Waals surface area contributed by atoms with Crippen LogP contribution in [0, 0.1) is 5.21 Å². The molecule has 2 heterocycles. The Morgan fingerprint density at radius 2 is 1.95 bits per heavy atom. The van der Waals surface area contributed by atoms with E-state index in [9.17, 15) is 10.4 Å². The third-order valence-electron chi connectivity index (χ3n) is 4.10. The maximum absolute atomic E-state index is 12.4. The summed E-state index contributed by atoms with van der Waals surface area (Å²) in [6.07, 6.45) is 1.47. The summed E-state index contributed by atoms with van der Waals surface area (Å²) < 4.78 is 5.73. The Morgan fingerprint density at radius 3 is 2.32 bits per heavy atom. The zero-order valence-electron chi connectivity index (χ0n) is 11.8. The van der Waals surface area contributed by atoms with Crippen molar-refractivity contribution in [3.8, 4) is 5.88 Å². The van der Waals surface area contributed by atoms with Crippen LogP contribution in [0.4, 0.5) is 0 Å². The quantitative estimate of drug-likeness (QED) is 0.600. The Hall–Kier alpha value is -1.82. The summed E-state index contributed by atoms with van der Waals surface area (Å²) >= 11 is 0. The van der Waals surface area contributed by atoms with Gasteiger partial charge in [0.2, 0.25) is 5.88 Å². The van der Waals surface area contributed by atoms with Gasteiger partial charge in [-0.3, -0.25) is 4.74 Å². The van der Waals surface area contributed by atoms with Gasteiger partial charge >= 0.3 is 5.84 Å². The maximum Gasteiger partial charge on any atom is 0.318 e. The minimum absolute atomic E-state index is 0.0881. The van der Waals surface area contributed by atoms with Gasteiger partial charge in [-0.05, 0) is 33.8 Å². The topological polar surface area (TPSA) is 71.3 Å². The Bertz CT molecular complexity index is 520. The fourth-order valence-corrected chi connectivity index (χ4v) is 1.98. The van der Waals surface area contributed by atoms with Crippen molar-refractivity contribution in [2.24, 2.45) is 0 Å². The Morgan fingerprint density at radius 1 is 1.32 bits per heavy atom. The number of rotatable bonds is 2. The van der Waals surface area contributed by atoms with Gasteiger partial charge in [-0.2, -0.15) is 0 Å². The van der Waals surface area contributed by atoms with Crippen LogP contribution in [-0.4, -0.2) is 38.8 Å². The largest absolute Gasteiger partial charge is 0.714 e. The molecular weight excluding hydrogens is 246 g/mol. The molecule has 1 aromatic rings. The van der Waals surface area contributed by atoms with Crippen molar-refractivity contribution >= 4 is 5.84 Å². The van der Waals surface area contributed by atoms with E-state index in [4.69, 9.17) is 4.74 Å². The lowest BCUT2D eigenvalue weighted by molar-refractivity contribution is -0.539. The maximum atomic E-state index is 12.4. The highest BCUT2D eigenvalue weighted by Crippen LogP contribution is 2.37. The van der Waals surface area contributed by atoms with E-state index in [0.717, 1.165) is 9.80 Å². The summed E-state index contributed by atoms with van der Waals surface area (Å²) in [5, 5.41) is 25.5. The number of aromatic nitrogens is 1. The molecule has 0 bridgehead atoms. The van der Waals surface area contributed by atoms with Crippen LogP contribution < -0.4 is 4.74 Å². The molecule has 6 heteroatoms. The predicted octanol–water partition coefficient (Wildman–Crippen LogP) is 1.57. The van der Waals surface area contributed by atoms with Crippen LogP contribution in [0.15, 0.2) is 18.3 Å². The third kappa shape index (κ3) is 1.74. The highest BCUT2D eigenvalue weighted by molar-refractivity contribution is 5.95. The van der Waals surface area contributed by atoms with Gasteiger partial charge in [0.05, 0.1) is 12.7 Å². The first-order valence-corrected chi connectivity index (χ1v) is 6.05. The first kappa shape index (κ1) is 13.6. The molecular formula is C13H18N3O3. The Labute approximate surface area is 112 Å². The van der Waals surface area contributed by atoms with E-state index in [1.165, 1.54) is 13.3 Å². The molecule has 0 saturated carbocycles. The molecule has 0 N–H and O–H groups in total. The lowest BCUT2D eigenvalue weighted by Gasteiger charge is -2.32. The SMILES string of the molecule is COc1ccc(C2=[N+]([O-])C(C)(C)C(C)(C)N2[O])cn1. The lowest BCUT2D eigenvalue weighted by Crippen LogP contribution is -2.53. The van der Waals surface area contributed by atoms with Crippen LogP contribution in [0.25, 0.3) is 0 Å². The minimum atomic E-state index is -0.815. The predicted molar refractivity (Wildman–Crippen MR) is 69.2 cm³/mol. The van der Waals surface area contributed by atoms with E-state index >= 15 is 0 Å². The normalized spacial score (nSPS) is 20.8. The average Bonchev–Trinajstić information content (AvgIpc) is 2.49. The fraction of sp³-hybridized carbons (Fsp3) is 0.538. The number of hydrogen-bond donors (Lipinski definition) is 0. The van der Waals surface area contributed by atoms with Crippen LogP contribution in [0.3, 0.4) is 0 Å². The Balaban J connectivity index is 2.52. The molecule has 0 spiro atoms. The standard InChI is InChI=1S/C13H18N3O3/c1-12(2)13(3,4)16(18)11(15(12)17)9-6-7-10(19-5)14-8-9/h6-8H,1-5H3. The molecule has 0 saturated heterocycles. The van der Waals surface area contributed by atoms with Crippen molar-refractivity contribution in [1.29, 1.82) is 0 Å². The first-order chi connectivity index (χ1) is 8.73. The highest BCUT2D eigenvalue weighted by Gasteiger charge is 2.59. The third-order valence-corrected chi connectivity index (χ3v) is 4.10. The van der Waals surface area contributed by atoms with Gasteiger partial charge in [-0.1, -0.05) is 5.06 Å². The Kier molecular flexibility index (Phi) is 2.93. The molecule has 0 fully saturated rings. The van der Waals surface area contributed by atoms with Crippen LogP contribution in [0.1, 0.15) is 33.3 Å². The van der Waals surface area contributed by atoms with Gasteiger partial charge in [0, 0.05) is 17.5 Å². The molecule has 0 unspecified atom stereocenters. The number of hydroxylamine groups is 3. The molecule has 2 rings (SSSR count). The van der Waals surface area contributed by atoms with Crippen molar-refractivity contribution in [2.45, 2.75) is 38.8 Å². The zero-order valence-corrected chi connectivity index (χ0v) is 11.8. The second-order valence-electron chi connectivity index (χ2n) is 5.62. The minimum Gasteiger partial charge on any atom is -0.714 e. The summed E-state index contributed by atoms with van der Waals surface area (Å²) in [6, 6.07) is 3.29.